The zero-order valence-electron chi connectivity index (χ0n) is 15.0. The number of nitriles is 1. The number of anilines is 2. The van der Waals surface area contributed by atoms with E-state index in [1.165, 1.54) is 0 Å². The lowest BCUT2D eigenvalue weighted by molar-refractivity contribution is 0.533. The highest BCUT2D eigenvalue weighted by Gasteiger charge is 2.42. The normalized spacial score (nSPS) is 21.6. The second-order valence-corrected chi connectivity index (χ2v) is 7.07. The summed E-state index contributed by atoms with van der Waals surface area (Å²) in [6.45, 7) is 6.54. The van der Waals surface area contributed by atoms with Gasteiger partial charge in [-0.25, -0.2) is 24.9 Å². The minimum absolute atomic E-state index is 0.400. The molecule has 3 aromatic rings. The van der Waals surface area contributed by atoms with Crippen LogP contribution >= 0.6 is 0 Å². The van der Waals surface area contributed by atoms with Crippen molar-refractivity contribution in [2.45, 2.75) is 13.5 Å². The van der Waals surface area contributed by atoms with Gasteiger partial charge in [-0.3, -0.25) is 0 Å². The second-order valence-electron chi connectivity index (χ2n) is 7.07. The van der Waals surface area contributed by atoms with E-state index in [0.717, 1.165) is 49.7 Å². The Labute approximate surface area is 156 Å². The quantitative estimate of drug-likeness (QED) is 0.683. The minimum Gasteiger partial charge on any atom is -0.354 e. The molecule has 5 rings (SSSR count). The molecular formula is C18H19N9. The molecule has 0 N–H and O–H groups in total. The number of hydrogen-bond acceptors (Lipinski definition) is 8. The van der Waals surface area contributed by atoms with Crippen LogP contribution in [0.2, 0.25) is 0 Å². The maximum atomic E-state index is 9.28. The van der Waals surface area contributed by atoms with Crippen molar-refractivity contribution in [1.29, 1.82) is 5.26 Å². The largest absolute Gasteiger partial charge is 0.354 e. The minimum atomic E-state index is 0.400. The summed E-state index contributed by atoms with van der Waals surface area (Å²) in [6.07, 6.45) is 6.68. The number of imidazole rings is 1. The highest BCUT2D eigenvalue weighted by Crippen LogP contribution is 2.36. The maximum Gasteiger partial charge on any atom is 0.183 e. The lowest BCUT2D eigenvalue weighted by Gasteiger charge is -2.23. The van der Waals surface area contributed by atoms with E-state index < -0.39 is 0 Å². The third-order valence-electron chi connectivity index (χ3n) is 5.59. The summed E-state index contributed by atoms with van der Waals surface area (Å²) in [6, 6.07) is 2.15. The van der Waals surface area contributed by atoms with E-state index in [9.17, 15) is 5.26 Å². The Morgan fingerprint density at radius 1 is 0.963 bits per heavy atom. The van der Waals surface area contributed by atoms with E-state index in [4.69, 9.17) is 0 Å². The standard InChI is InChI=1S/C18H19N9/c1-2-25-11-24-15-17(25)22-10-23-18(15)27-8-12-6-26(7-13(12)9-27)16-14(5-19)20-3-4-21-16/h3-4,10-13H,2,6-9H2,1H3. The molecule has 0 radical (unpaired) electrons. The highest BCUT2D eigenvalue weighted by molar-refractivity contribution is 5.83. The van der Waals surface area contributed by atoms with E-state index in [1.807, 2.05) is 10.9 Å². The van der Waals surface area contributed by atoms with Gasteiger partial charge in [0.1, 0.15) is 12.4 Å². The number of fused-ring (bicyclic) bond motifs is 2. The molecule has 0 bridgehead atoms. The van der Waals surface area contributed by atoms with E-state index in [2.05, 4.69) is 47.7 Å². The highest BCUT2D eigenvalue weighted by atomic mass is 15.3. The number of aryl methyl sites for hydroxylation is 1. The van der Waals surface area contributed by atoms with Gasteiger partial charge in [0.05, 0.1) is 6.33 Å². The first kappa shape index (κ1) is 15.9. The Hall–Kier alpha value is -3.28. The average Bonchev–Trinajstić information content (AvgIpc) is 3.40. The molecule has 2 aliphatic rings. The lowest BCUT2D eigenvalue weighted by atomic mass is 10.0. The molecule has 27 heavy (non-hydrogen) atoms. The molecular weight excluding hydrogens is 342 g/mol. The molecule has 2 aliphatic heterocycles. The van der Waals surface area contributed by atoms with E-state index in [-0.39, 0.29) is 0 Å². The molecule has 0 aliphatic carbocycles. The molecule has 5 heterocycles. The Kier molecular flexibility index (Phi) is 3.63. The summed E-state index contributed by atoms with van der Waals surface area (Å²) < 4.78 is 2.04. The molecule has 0 saturated carbocycles. The van der Waals surface area contributed by atoms with Gasteiger partial charge in [0, 0.05) is 57.0 Å². The van der Waals surface area contributed by atoms with Gasteiger partial charge in [0.2, 0.25) is 0 Å². The van der Waals surface area contributed by atoms with E-state index in [0.29, 0.717) is 23.3 Å². The second kappa shape index (κ2) is 6.16. The first-order valence-electron chi connectivity index (χ1n) is 9.15. The molecule has 0 spiro atoms. The van der Waals surface area contributed by atoms with Crippen LogP contribution in [0.1, 0.15) is 12.6 Å². The molecule has 2 saturated heterocycles. The molecule has 136 valence electrons. The van der Waals surface area contributed by atoms with Crippen molar-refractivity contribution in [3.8, 4) is 6.07 Å². The average molecular weight is 361 g/mol. The van der Waals surface area contributed by atoms with E-state index >= 15 is 0 Å². The zero-order valence-corrected chi connectivity index (χ0v) is 15.0. The van der Waals surface area contributed by atoms with Gasteiger partial charge in [-0.15, -0.1) is 0 Å². The Bertz CT molecular complexity index is 1020. The molecule has 9 heteroatoms. The number of nitrogens with zero attached hydrogens (tertiary/aromatic N) is 9. The fourth-order valence-corrected chi connectivity index (χ4v) is 4.31. The summed E-state index contributed by atoms with van der Waals surface area (Å²) in [5.74, 6) is 2.64. The predicted octanol–water partition coefficient (Wildman–Crippen LogP) is 1.08. The lowest BCUT2D eigenvalue weighted by Crippen LogP contribution is -2.30. The van der Waals surface area contributed by atoms with Gasteiger partial charge in [-0.2, -0.15) is 5.26 Å². The van der Waals surface area contributed by atoms with Crippen molar-refractivity contribution in [1.82, 2.24) is 29.5 Å². The first-order valence-corrected chi connectivity index (χ1v) is 9.15. The molecule has 3 aromatic heterocycles. The van der Waals surface area contributed by atoms with Gasteiger partial charge in [0.25, 0.3) is 0 Å². The summed E-state index contributed by atoms with van der Waals surface area (Å²) in [4.78, 5) is 26.5. The maximum absolute atomic E-state index is 9.28. The van der Waals surface area contributed by atoms with Crippen molar-refractivity contribution in [3.63, 3.8) is 0 Å². The fourth-order valence-electron chi connectivity index (χ4n) is 4.31. The van der Waals surface area contributed by atoms with Crippen LogP contribution in [0.4, 0.5) is 11.6 Å². The number of rotatable bonds is 3. The zero-order chi connectivity index (χ0) is 18.4. The Balaban J connectivity index is 1.38. The van der Waals surface area contributed by atoms with Gasteiger partial charge >= 0.3 is 0 Å². The van der Waals surface area contributed by atoms with Crippen LogP contribution in [0.25, 0.3) is 11.2 Å². The van der Waals surface area contributed by atoms with Crippen LogP contribution in [0.5, 0.6) is 0 Å². The van der Waals surface area contributed by atoms with Crippen LogP contribution in [-0.2, 0) is 6.54 Å². The number of aromatic nitrogens is 6. The van der Waals surface area contributed by atoms with Crippen LogP contribution in [0, 0.1) is 23.2 Å². The third kappa shape index (κ3) is 2.48. The fraction of sp³-hybridized carbons (Fsp3) is 0.444. The molecule has 0 aromatic carbocycles. The molecule has 2 fully saturated rings. The van der Waals surface area contributed by atoms with Gasteiger partial charge in [-0.05, 0) is 6.92 Å². The SMILES string of the molecule is CCn1cnc2c(N3CC4CN(c5nccnc5C#N)CC4C3)ncnc21. The van der Waals surface area contributed by atoms with Crippen molar-refractivity contribution >= 4 is 22.8 Å². The van der Waals surface area contributed by atoms with Crippen molar-refractivity contribution in [2.24, 2.45) is 11.8 Å². The Morgan fingerprint density at radius 2 is 1.67 bits per heavy atom. The summed E-state index contributed by atoms with van der Waals surface area (Å²) >= 11 is 0. The summed E-state index contributed by atoms with van der Waals surface area (Å²) in [5, 5.41) is 9.28. The molecule has 2 unspecified atom stereocenters. The summed E-state index contributed by atoms with van der Waals surface area (Å²) in [7, 11) is 0. The molecule has 0 amide bonds. The topological polar surface area (TPSA) is 99.7 Å². The Morgan fingerprint density at radius 3 is 2.37 bits per heavy atom. The van der Waals surface area contributed by atoms with Crippen LogP contribution in [-0.4, -0.2) is 55.7 Å². The van der Waals surface area contributed by atoms with Gasteiger partial charge < -0.3 is 14.4 Å². The van der Waals surface area contributed by atoms with Gasteiger partial charge in [0.15, 0.2) is 28.5 Å². The van der Waals surface area contributed by atoms with Crippen molar-refractivity contribution in [3.05, 3.63) is 30.7 Å². The monoisotopic (exact) mass is 361 g/mol. The van der Waals surface area contributed by atoms with Crippen LogP contribution < -0.4 is 9.80 Å². The smallest absolute Gasteiger partial charge is 0.183 e. The predicted molar refractivity (Wildman–Crippen MR) is 99.2 cm³/mol. The van der Waals surface area contributed by atoms with Crippen LogP contribution in [0.15, 0.2) is 25.0 Å². The van der Waals surface area contributed by atoms with Crippen molar-refractivity contribution < 1.29 is 0 Å². The van der Waals surface area contributed by atoms with Crippen LogP contribution in [0.3, 0.4) is 0 Å². The van der Waals surface area contributed by atoms with Crippen molar-refractivity contribution in [2.75, 3.05) is 36.0 Å². The third-order valence-corrected chi connectivity index (χ3v) is 5.59. The van der Waals surface area contributed by atoms with Gasteiger partial charge in [-0.1, -0.05) is 0 Å². The first-order chi connectivity index (χ1) is 13.3. The van der Waals surface area contributed by atoms with E-state index in [1.54, 1.807) is 18.7 Å². The molecule has 9 nitrogen and oxygen atoms in total. The molecule has 2 atom stereocenters. The number of hydrogen-bond donors (Lipinski definition) is 0. The summed E-state index contributed by atoms with van der Waals surface area (Å²) in [5.41, 5.74) is 2.16.